The zero-order chi connectivity index (χ0) is 45.5. The maximum atomic E-state index is 2.42. The van der Waals surface area contributed by atoms with Crippen molar-refractivity contribution in [3.8, 4) is 55.9 Å². The Hall–Kier alpha value is -8.76. The van der Waals surface area contributed by atoms with E-state index in [-0.39, 0.29) is 0 Å². The van der Waals surface area contributed by atoms with Gasteiger partial charge in [-0.25, -0.2) is 0 Å². The summed E-state index contributed by atoms with van der Waals surface area (Å²) in [6, 6.07) is 99.3. The predicted octanol–water partition coefficient (Wildman–Crippen LogP) is 14.2. The summed E-state index contributed by atoms with van der Waals surface area (Å²) >= 11 is 0. The van der Waals surface area contributed by atoms with Crippen molar-refractivity contribution in [3.05, 3.63) is 267 Å². The lowest BCUT2D eigenvalue weighted by Gasteiger charge is -2.31. The first-order valence-electron chi connectivity index (χ1n) is 23.9. The Labute approximate surface area is 402 Å². The molecule has 0 fully saturated rings. The minimum absolute atomic E-state index is 1.15. The smallest absolute Gasteiger partial charge is 0.180 e. The van der Waals surface area contributed by atoms with Gasteiger partial charge in [0.1, 0.15) is 0 Å². The van der Waals surface area contributed by atoms with Crippen molar-refractivity contribution in [3.63, 3.8) is 0 Å². The van der Waals surface area contributed by atoms with Crippen molar-refractivity contribution in [1.29, 1.82) is 0 Å². The zero-order valence-electron chi connectivity index (χ0n) is 37.8. The van der Waals surface area contributed by atoms with Gasteiger partial charge in [0, 0.05) is 32.9 Å². The van der Waals surface area contributed by atoms with Crippen LogP contribution in [0, 0.1) is 0 Å². The van der Waals surface area contributed by atoms with Crippen LogP contribution >= 0.6 is 0 Å². The molecule has 0 saturated heterocycles. The second-order valence-electron chi connectivity index (χ2n) is 18.4. The van der Waals surface area contributed by atoms with E-state index in [4.69, 9.17) is 0 Å². The topological polar surface area (TPSA) is 9.86 Å². The quantitative estimate of drug-likeness (QED) is 0.141. The van der Waals surface area contributed by atoms with Crippen LogP contribution in [0.25, 0.3) is 99.5 Å². The summed E-state index contributed by atoms with van der Waals surface area (Å²) < 4.78 is 4.80. The molecule has 322 valence electrons. The Morgan fingerprint density at radius 3 is 1.07 bits per heavy atom. The summed E-state index contributed by atoms with van der Waals surface area (Å²) in [5.41, 5.74) is 17.2. The van der Waals surface area contributed by atoms with Crippen molar-refractivity contribution in [2.75, 3.05) is 0 Å². The van der Waals surface area contributed by atoms with Gasteiger partial charge < -0.3 is 9.13 Å². The predicted molar refractivity (Wildman–Crippen MR) is 294 cm³/mol. The van der Waals surface area contributed by atoms with E-state index in [2.05, 4.69) is 276 Å². The molecule has 14 rings (SSSR count). The SMILES string of the molecule is c1ccc(-c2ccc([Si]3(c4ccc(-c5ccc(-n6c7ccccc7c7cc(-c8ccc9c(c8)c8ccccc8n9-c8ccccc8)ccc76)cc5)cc4)c4ccccc4-c4ccccc43)cc2)cc1. The van der Waals surface area contributed by atoms with Gasteiger partial charge in [-0.2, -0.15) is 0 Å². The third-order valence-corrected chi connectivity index (χ3v) is 19.7. The maximum Gasteiger partial charge on any atom is 0.180 e. The van der Waals surface area contributed by atoms with Gasteiger partial charge in [-0.15, -0.1) is 0 Å². The molecule has 0 bridgehead atoms. The lowest BCUT2D eigenvalue weighted by atomic mass is 10.0. The van der Waals surface area contributed by atoms with Gasteiger partial charge in [-0.3, -0.25) is 0 Å². The summed E-state index contributed by atoms with van der Waals surface area (Å²) in [7, 11) is -2.64. The lowest BCUT2D eigenvalue weighted by Crippen LogP contribution is -2.72. The molecule has 0 radical (unpaired) electrons. The fourth-order valence-electron chi connectivity index (χ4n) is 11.7. The van der Waals surface area contributed by atoms with Gasteiger partial charge in [0.2, 0.25) is 0 Å². The minimum Gasteiger partial charge on any atom is -0.309 e. The molecule has 69 heavy (non-hydrogen) atoms. The second-order valence-corrected chi connectivity index (χ2v) is 22.1. The van der Waals surface area contributed by atoms with Crippen LogP contribution in [0.1, 0.15) is 0 Å². The van der Waals surface area contributed by atoms with E-state index >= 15 is 0 Å². The number of fused-ring (bicyclic) bond motifs is 9. The van der Waals surface area contributed by atoms with Crippen LogP contribution < -0.4 is 20.7 Å². The van der Waals surface area contributed by atoms with E-state index < -0.39 is 8.07 Å². The highest BCUT2D eigenvalue weighted by Crippen LogP contribution is 2.39. The molecule has 1 aliphatic rings. The standard InChI is InChI=1S/C66H44N2Si/c1-3-15-45(16-4-1)47-29-37-53(38-30-47)69(65-25-13-9-21-57(65)58-22-10-14-26-66(58)69)54-39-31-48(32-40-54)46-27-35-52(36-28-46)68-62-24-12-8-20-56(62)60-44-50(34-42-64(60)68)49-33-41-63-59(43-49)55-19-7-11-23-61(55)67(63)51-17-5-2-6-18-51/h1-44H. The number of para-hydroxylation sites is 3. The van der Waals surface area contributed by atoms with Crippen LogP contribution in [-0.2, 0) is 0 Å². The first-order chi connectivity index (χ1) is 34.2. The Balaban J connectivity index is 0.828. The fourth-order valence-corrected chi connectivity index (χ4v) is 16.9. The normalized spacial score (nSPS) is 12.8. The highest BCUT2D eigenvalue weighted by molar-refractivity contribution is 7.22. The molecule has 0 aliphatic carbocycles. The molecule has 2 aromatic heterocycles. The van der Waals surface area contributed by atoms with E-state index in [1.54, 1.807) is 0 Å². The molecule has 13 aromatic rings. The Bertz CT molecular complexity index is 4040. The summed E-state index contributed by atoms with van der Waals surface area (Å²) in [4.78, 5) is 0. The Kier molecular flexibility index (Phi) is 8.95. The molecule has 3 heteroatoms. The first kappa shape index (κ1) is 39.4. The lowest BCUT2D eigenvalue weighted by molar-refractivity contribution is 1.18. The molecular formula is C66H44N2Si. The van der Waals surface area contributed by atoms with Gasteiger partial charge in [-0.05, 0) is 126 Å². The maximum absolute atomic E-state index is 2.64. The molecule has 0 spiro atoms. The first-order valence-corrected chi connectivity index (χ1v) is 25.9. The van der Waals surface area contributed by atoms with Gasteiger partial charge >= 0.3 is 0 Å². The minimum atomic E-state index is -2.64. The molecule has 11 aromatic carbocycles. The summed E-state index contributed by atoms with van der Waals surface area (Å²) in [6.07, 6.45) is 0. The van der Waals surface area contributed by atoms with Crippen LogP contribution in [0.5, 0.6) is 0 Å². The zero-order valence-corrected chi connectivity index (χ0v) is 38.8. The number of hydrogen-bond donors (Lipinski definition) is 0. The van der Waals surface area contributed by atoms with Gasteiger partial charge in [0.05, 0.1) is 22.1 Å². The van der Waals surface area contributed by atoms with Crippen LogP contribution in [0.2, 0.25) is 0 Å². The van der Waals surface area contributed by atoms with Crippen molar-refractivity contribution < 1.29 is 0 Å². The molecule has 0 N–H and O–H groups in total. The van der Waals surface area contributed by atoms with Crippen LogP contribution in [0.4, 0.5) is 0 Å². The van der Waals surface area contributed by atoms with Gasteiger partial charge in [0.15, 0.2) is 8.07 Å². The summed E-state index contributed by atoms with van der Waals surface area (Å²) in [5, 5.41) is 10.7. The van der Waals surface area contributed by atoms with Crippen molar-refractivity contribution >= 4 is 72.4 Å². The molecule has 1 aliphatic heterocycles. The molecular weight excluding hydrogens is 849 g/mol. The number of nitrogens with zero attached hydrogens (tertiary/aromatic N) is 2. The Morgan fingerprint density at radius 1 is 0.232 bits per heavy atom. The molecule has 0 amide bonds. The summed E-state index contributed by atoms with van der Waals surface area (Å²) in [5.74, 6) is 0. The number of aromatic nitrogens is 2. The van der Waals surface area contributed by atoms with Crippen molar-refractivity contribution in [2.45, 2.75) is 0 Å². The Morgan fingerprint density at radius 2 is 0.580 bits per heavy atom. The molecule has 0 unspecified atom stereocenters. The average Bonchev–Trinajstić information content (AvgIpc) is 4.05. The van der Waals surface area contributed by atoms with Gasteiger partial charge in [0.25, 0.3) is 0 Å². The van der Waals surface area contributed by atoms with Crippen LogP contribution in [-0.4, -0.2) is 17.2 Å². The second kappa shape index (κ2) is 15.7. The molecule has 2 nitrogen and oxygen atoms in total. The van der Waals surface area contributed by atoms with Crippen molar-refractivity contribution in [1.82, 2.24) is 9.13 Å². The van der Waals surface area contributed by atoms with Crippen LogP contribution in [0.15, 0.2) is 267 Å². The molecule has 0 saturated carbocycles. The molecule has 3 heterocycles. The molecule has 0 atom stereocenters. The highest BCUT2D eigenvalue weighted by atomic mass is 28.3. The van der Waals surface area contributed by atoms with E-state index in [9.17, 15) is 0 Å². The van der Waals surface area contributed by atoms with Gasteiger partial charge in [-0.1, -0.05) is 206 Å². The number of benzene rings is 11. The third-order valence-electron chi connectivity index (χ3n) is 14.8. The van der Waals surface area contributed by atoms with Crippen LogP contribution in [0.3, 0.4) is 0 Å². The monoisotopic (exact) mass is 892 g/mol. The largest absolute Gasteiger partial charge is 0.309 e. The highest BCUT2D eigenvalue weighted by Gasteiger charge is 2.48. The third kappa shape index (κ3) is 6.04. The van der Waals surface area contributed by atoms with E-state index in [0.717, 1.165) is 5.69 Å². The fraction of sp³-hybridized carbons (Fsp3) is 0. The number of hydrogen-bond acceptors (Lipinski definition) is 0. The van der Waals surface area contributed by atoms with E-state index in [0.29, 0.717) is 0 Å². The summed E-state index contributed by atoms with van der Waals surface area (Å²) in [6.45, 7) is 0. The average molecular weight is 893 g/mol. The van der Waals surface area contributed by atoms with E-state index in [1.165, 1.54) is 115 Å². The number of rotatable bonds is 7. The van der Waals surface area contributed by atoms with Crippen molar-refractivity contribution in [2.24, 2.45) is 0 Å². The van der Waals surface area contributed by atoms with E-state index in [1.807, 2.05) is 0 Å².